The number of nitrogens with zero attached hydrogens (tertiary/aromatic N) is 4. The highest BCUT2D eigenvalue weighted by atomic mass is 15.3. The van der Waals surface area contributed by atoms with Gasteiger partial charge in [-0.1, -0.05) is 79.7 Å². The maximum absolute atomic E-state index is 10.1. The average Bonchev–Trinajstić information content (AvgIpc) is 3.33. The van der Waals surface area contributed by atoms with Gasteiger partial charge in [-0.25, -0.2) is 4.98 Å². The van der Waals surface area contributed by atoms with E-state index in [1.54, 1.807) is 4.90 Å². The molecule has 1 N–H and O–H groups in total. The molecule has 184 valence electrons. The first-order chi connectivity index (χ1) is 18.2. The molecule has 5 nitrogen and oxygen atoms in total. The standard InChI is InChI=1S/C32H31N5/c1-3-26-23(2)27(22-33)31-34-28-16-10-11-17-29(28)37(31)32(26)36-20-18-35(19-21-36)30(24-12-6-4-7-13-24)25-14-8-5-9-15-25/h4-17,30H,3,18-21H2,1-2H3/p+1. The third-order valence-electron chi connectivity index (χ3n) is 7.94. The summed E-state index contributed by atoms with van der Waals surface area (Å²) in [6.07, 6.45) is 0.877. The predicted octanol–water partition coefficient (Wildman–Crippen LogP) is 4.72. The highest BCUT2D eigenvalue weighted by Crippen LogP contribution is 2.33. The summed E-state index contributed by atoms with van der Waals surface area (Å²) in [5.41, 5.74) is 8.50. The molecule has 0 unspecified atom stereocenters. The number of hydrogen-bond donors (Lipinski definition) is 1. The van der Waals surface area contributed by atoms with Crippen molar-refractivity contribution in [3.05, 3.63) is 113 Å². The van der Waals surface area contributed by atoms with E-state index in [2.05, 4.69) is 102 Å². The van der Waals surface area contributed by atoms with Crippen molar-refractivity contribution < 1.29 is 4.90 Å². The molecule has 0 radical (unpaired) electrons. The van der Waals surface area contributed by atoms with Gasteiger partial charge < -0.3 is 9.80 Å². The van der Waals surface area contributed by atoms with Crippen LogP contribution in [0.1, 0.15) is 40.8 Å². The third-order valence-corrected chi connectivity index (χ3v) is 7.94. The Hall–Kier alpha value is -4.14. The number of rotatable bonds is 5. The Morgan fingerprint density at radius 2 is 1.49 bits per heavy atom. The molecular formula is C32H32N5+. The minimum atomic E-state index is 0.312. The molecule has 0 aliphatic carbocycles. The van der Waals surface area contributed by atoms with Crippen LogP contribution >= 0.6 is 0 Å². The van der Waals surface area contributed by atoms with Gasteiger partial charge in [0.2, 0.25) is 0 Å². The summed E-state index contributed by atoms with van der Waals surface area (Å²) in [5, 5.41) is 10.1. The van der Waals surface area contributed by atoms with Crippen LogP contribution in [-0.4, -0.2) is 35.6 Å². The quantitative estimate of drug-likeness (QED) is 0.391. The Kier molecular flexibility index (Phi) is 6.12. The zero-order valence-corrected chi connectivity index (χ0v) is 21.5. The molecule has 6 rings (SSSR count). The normalized spacial score (nSPS) is 14.5. The lowest BCUT2D eigenvalue weighted by Crippen LogP contribution is -3.15. The summed E-state index contributed by atoms with van der Waals surface area (Å²) in [5.74, 6) is 1.21. The molecule has 0 saturated carbocycles. The number of benzene rings is 3. The van der Waals surface area contributed by atoms with Crippen molar-refractivity contribution in [2.24, 2.45) is 0 Å². The zero-order valence-electron chi connectivity index (χ0n) is 21.5. The summed E-state index contributed by atoms with van der Waals surface area (Å²) in [6, 6.07) is 32.8. The Morgan fingerprint density at radius 3 is 2.08 bits per heavy atom. The fourth-order valence-electron chi connectivity index (χ4n) is 6.17. The smallest absolute Gasteiger partial charge is 0.157 e. The molecule has 1 aliphatic heterocycles. The molecule has 1 saturated heterocycles. The van der Waals surface area contributed by atoms with Crippen LogP contribution in [0.3, 0.4) is 0 Å². The van der Waals surface area contributed by atoms with Gasteiger partial charge in [-0.05, 0) is 36.6 Å². The van der Waals surface area contributed by atoms with Crippen molar-refractivity contribution in [2.75, 3.05) is 31.1 Å². The minimum Gasteiger partial charge on any atom is -0.346 e. The van der Waals surface area contributed by atoms with E-state index in [1.165, 1.54) is 22.5 Å². The Bertz CT molecular complexity index is 1550. The number of quaternary nitrogens is 1. The second-order valence-electron chi connectivity index (χ2n) is 9.93. The zero-order chi connectivity index (χ0) is 25.4. The van der Waals surface area contributed by atoms with Crippen LogP contribution in [0, 0.1) is 18.3 Å². The van der Waals surface area contributed by atoms with E-state index >= 15 is 0 Å². The molecule has 1 fully saturated rings. The summed E-state index contributed by atoms with van der Waals surface area (Å²) < 4.78 is 2.25. The summed E-state index contributed by atoms with van der Waals surface area (Å²) >= 11 is 0. The topological polar surface area (TPSA) is 48.8 Å². The van der Waals surface area contributed by atoms with Gasteiger partial charge in [0, 0.05) is 11.1 Å². The van der Waals surface area contributed by atoms with E-state index in [0.29, 0.717) is 11.6 Å². The van der Waals surface area contributed by atoms with E-state index in [1.807, 2.05) is 12.1 Å². The van der Waals surface area contributed by atoms with Gasteiger partial charge in [0.05, 0.1) is 42.8 Å². The molecule has 0 atom stereocenters. The lowest BCUT2D eigenvalue weighted by atomic mass is 9.96. The first kappa shape index (κ1) is 23.3. The number of anilines is 1. The van der Waals surface area contributed by atoms with E-state index in [4.69, 9.17) is 4.98 Å². The summed E-state index contributed by atoms with van der Waals surface area (Å²) in [6.45, 7) is 8.25. The van der Waals surface area contributed by atoms with Gasteiger partial charge in [-0.3, -0.25) is 4.40 Å². The molecule has 5 heteroatoms. The van der Waals surface area contributed by atoms with Gasteiger partial charge in [0.15, 0.2) is 5.65 Å². The minimum absolute atomic E-state index is 0.312. The molecule has 37 heavy (non-hydrogen) atoms. The number of fused-ring (bicyclic) bond motifs is 3. The molecule has 3 heterocycles. The summed E-state index contributed by atoms with van der Waals surface area (Å²) in [4.78, 5) is 9.03. The SMILES string of the molecule is CCc1c(C)c(C#N)c2nc3ccccc3n2c1N1CC[NH+](C(c2ccccc2)c2ccccc2)CC1. The Labute approximate surface area is 218 Å². The molecule has 3 aromatic carbocycles. The highest BCUT2D eigenvalue weighted by molar-refractivity contribution is 5.86. The molecule has 0 bridgehead atoms. The molecular weight excluding hydrogens is 454 g/mol. The molecule has 0 spiro atoms. The average molecular weight is 487 g/mol. The van der Waals surface area contributed by atoms with Gasteiger partial charge >= 0.3 is 0 Å². The van der Waals surface area contributed by atoms with Gasteiger partial charge in [0.25, 0.3) is 0 Å². The van der Waals surface area contributed by atoms with Crippen LogP contribution in [0.25, 0.3) is 16.7 Å². The number of nitriles is 1. The van der Waals surface area contributed by atoms with Crippen LogP contribution in [0.15, 0.2) is 84.9 Å². The van der Waals surface area contributed by atoms with Gasteiger partial charge in [0.1, 0.15) is 17.9 Å². The van der Waals surface area contributed by atoms with Crippen LogP contribution in [0.2, 0.25) is 0 Å². The van der Waals surface area contributed by atoms with E-state index < -0.39 is 0 Å². The van der Waals surface area contributed by atoms with Crippen molar-refractivity contribution in [2.45, 2.75) is 26.3 Å². The van der Waals surface area contributed by atoms with Crippen molar-refractivity contribution in [3.63, 3.8) is 0 Å². The second-order valence-corrected chi connectivity index (χ2v) is 9.93. The van der Waals surface area contributed by atoms with Crippen LogP contribution < -0.4 is 9.80 Å². The van der Waals surface area contributed by atoms with Crippen molar-refractivity contribution in [1.29, 1.82) is 5.26 Å². The van der Waals surface area contributed by atoms with Crippen LogP contribution in [-0.2, 0) is 6.42 Å². The molecule has 1 aliphatic rings. The van der Waals surface area contributed by atoms with E-state index in [0.717, 1.165) is 54.8 Å². The number of aromatic nitrogens is 2. The maximum atomic E-state index is 10.1. The lowest BCUT2D eigenvalue weighted by Gasteiger charge is -2.39. The van der Waals surface area contributed by atoms with Crippen LogP contribution in [0.5, 0.6) is 0 Å². The van der Waals surface area contributed by atoms with Crippen molar-refractivity contribution >= 4 is 22.5 Å². The Balaban J connectivity index is 1.41. The van der Waals surface area contributed by atoms with Crippen molar-refractivity contribution in [3.8, 4) is 6.07 Å². The van der Waals surface area contributed by atoms with Crippen LogP contribution in [0.4, 0.5) is 5.82 Å². The third kappa shape index (κ3) is 3.94. The summed E-state index contributed by atoms with van der Waals surface area (Å²) in [7, 11) is 0. The van der Waals surface area contributed by atoms with Gasteiger partial charge in [-0.15, -0.1) is 0 Å². The first-order valence-electron chi connectivity index (χ1n) is 13.2. The highest BCUT2D eigenvalue weighted by Gasteiger charge is 2.32. The number of para-hydroxylation sites is 2. The fourth-order valence-corrected chi connectivity index (χ4v) is 6.17. The number of imidazole rings is 1. The number of pyridine rings is 1. The van der Waals surface area contributed by atoms with Gasteiger partial charge in [-0.2, -0.15) is 5.26 Å². The first-order valence-corrected chi connectivity index (χ1v) is 13.2. The largest absolute Gasteiger partial charge is 0.346 e. The Morgan fingerprint density at radius 1 is 0.892 bits per heavy atom. The number of piperazine rings is 1. The fraction of sp³-hybridized carbons (Fsp3) is 0.250. The van der Waals surface area contributed by atoms with E-state index in [9.17, 15) is 5.26 Å². The maximum Gasteiger partial charge on any atom is 0.157 e. The second kappa shape index (κ2) is 9.72. The molecule has 2 aromatic heterocycles. The van der Waals surface area contributed by atoms with Crippen molar-refractivity contribution in [1.82, 2.24) is 9.38 Å². The molecule has 0 amide bonds. The number of nitrogens with one attached hydrogen (secondary N) is 1. The molecule has 5 aromatic rings. The van der Waals surface area contributed by atoms with E-state index in [-0.39, 0.29) is 0 Å². The lowest BCUT2D eigenvalue weighted by molar-refractivity contribution is -0.926. The monoisotopic (exact) mass is 486 g/mol. The predicted molar refractivity (Wildman–Crippen MR) is 149 cm³/mol. The number of hydrogen-bond acceptors (Lipinski definition) is 3.